The van der Waals surface area contributed by atoms with Crippen molar-refractivity contribution >= 4 is 12.4 Å². The largest absolute Gasteiger partial charge is 0.430 e. The molecule has 0 saturated heterocycles. The van der Waals surface area contributed by atoms with Gasteiger partial charge in [-0.15, -0.1) is 0 Å². The van der Waals surface area contributed by atoms with Crippen molar-refractivity contribution in [1.29, 1.82) is 0 Å². The van der Waals surface area contributed by atoms with Crippen molar-refractivity contribution < 1.29 is 19.1 Å². The Morgan fingerprint density at radius 1 is 1.58 bits per heavy atom. The van der Waals surface area contributed by atoms with Gasteiger partial charge >= 0.3 is 5.97 Å². The van der Waals surface area contributed by atoms with Crippen LogP contribution >= 0.6 is 0 Å². The van der Waals surface area contributed by atoms with Crippen LogP contribution in [0.15, 0.2) is 0 Å². The maximum Gasteiger partial charge on any atom is 0.316 e. The van der Waals surface area contributed by atoms with Gasteiger partial charge in [-0.05, 0) is 12.8 Å². The molecular weight excluding hydrogens is 162 g/mol. The van der Waals surface area contributed by atoms with Gasteiger partial charge in [0.25, 0.3) is 6.47 Å². The van der Waals surface area contributed by atoms with E-state index in [2.05, 4.69) is 9.47 Å². The third kappa shape index (κ3) is 1.73. The fourth-order valence-corrected chi connectivity index (χ4v) is 0.911. The highest BCUT2D eigenvalue weighted by Gasteiger charge is 2.50. The van der Waals surface area contributed by atoms with Crippen molar-refractivity contribution in [1.82, 2.24) is 0 Å². The van der Waals surface area contributed by atoms with Gasteiger partial charge in [0.15, 0.2) is 0 Å². The molecule has 0 spiro atoms. The van der Waals surface area contributed by atoms with Crippen LogP contribution in [-0.4, -0.2) is 25.8 Å². The highest BCUT2D eigenvalue weighted by atomic mass is 16.7. The molecule has 12 heavy (non-hydrogen) atoms. The molecule has 0 bridgehead atoms. The normalized spacial score (nSPS) is 18.1. The predicted octanol–water partition coefficient (Wildman–Crippen LogP) is -0.601. The van der Waals surface area contributed by atoms with Gasteiger partial charge in [-0.1, -0.05) is 0 Å². The summed E-state index contributed by atoms with van der Waals surface area (Å²) in [4.78, 5) is 20.8. The van der Waals surface area contributed by atoms with E-state index < -0.39 is 5.41 Å². The van der Waals surface area contributed by atoms with Gasteiger partial charge in [-0.2, -0.15) is 0 Å². The molecule has 0 aromatic carbocycles. The summed E-state index contributed by atoms with van der Waals surface area (Å²) in [7, 11) is 0. The van der Waals surface area contributed by atoms with Gasteiger partial charge < -0.3 is 15.2 Å². The fourth-order valence-electron chi connectivity index (χ4n) is 0.911. The number of rotatable bonds is 5. The molecule has 1 rings (SSSR count). The molecule has 1 fully saturated rings. The van der Waals surface area contributed by atoms with E-state index in [0.29, 0.717) is 6.54 Å². The lowest BCUT2D eigenvalue weighted by Crippen LogP contribution is -2.27. The Morgan fingerprint density at radius 2 is 2.25 bits per heavy atom. The minimum Gasteiger partial charge on any atom is -0.430 e. The second kappa shape index (κ2) is 3.53. The molecule has 0 amide bonds. The Kier molecular flexibility index (Phi) is 2.65. The molecule has 0 aromatic heterocycles. The lowest BCUT2D eigenvalue weighted by Gasteiger charge is -2.10. The Hall–Kier alpha value is -1.10. The molecule has 68 valence electrons. The van der Waals surface area contributed by atoms with Crippen molar-refractivity contribution in [3.63, 3.8) is 0 Å². The summed E-state index contributed by atoms with van der Waals surface area (Å²) in [6.45, 7) is 0.215. The molecule has 1 aliphatic rings. The zero-order chi connectivity index (χ0) is 9.03. The number of nitrogens with two attached hydrogens (primary N) is 1. The van der Waals surface area contributed by atoms with Gasteiger partial charge in [0.2, 0.25) is 6.79 Å². The minimum atomic E-state index is -0.480. The summed E-state index contributed by atoms with van der Waals surface area (Å²) in [6.07, 6.45) is 1.53. The van der Waals surface area contributed by atoms with E-state index in [0.717, 1.165) is 12.8 Å². The summed E-state index contributed by atoms with van der Waals surface area (Å²) in [6, 6.07) is 0. The predicted molar refractivity (Wildman–Crippen MR) is 38.8 cm³/mol. The van der Waals surface area contributed by atoms with Gasteiger partial charge in [0.1, 0.15) is 0 Å². The second-order valence-corrected chi connectivity index (χ2v) is 2.80. The van der Waals surface area contributed by atoms with Gasteiger partial charge in [0.05, 0.1) is 5.41 Å². The van der Waals surface area contributed by atoms with E-state index >= 15 is 0 Å². The van der Waals surface area contributed by atoms with Crippen LogP contribution in [0.4, 0.5) is 0 Å². The Morgan fingerprint density at radius 3 is 2.67 bits per heavy atom. The van der Waals surface area contributed by atoms with Crippen LogP contribution in [-0.2, 0) is 19.1 Å². The smallest absolute Gasteiger partial charge is 0.316 e. The standard InChI is InChI=1S/C7H11NO4/c8-3-7(1-2-7)6(10)12-5-11-4-9/h4H,1-3,5,8H2. The monoisotopic (exact) mass is 173 g/mol. The van der Waals surface area contributed by atoms with E-state index in [-0.39, 0.29) is 19.2 Å². The molecule has 0 radical (unpaired) electrons. The van der Waals surface area contributed by atoms with Crippen LogP contribution in [0.2, 0.25) is 0 Å². The molecule has 0 aromatic rings. The van der Waals surface area contributed by atoms with E-state index in [9.17, 15) is 9.59 Å². The highest BCUT2D eigenvalue weighted by molar-refractivity contribution is 5.80. The lowest BCUT2D eigenvalue weighted by atomic mass is 10.1. The molecule has 5 heteroatoms. The molecule has 0 heterocycles. The van der Waals surface area contributed by atoms with Crippen LogP contribution in [0, 0.1) is 5.41 Å². The van der Waals surface area contributed by atoms with Crippen LogP contribution in [0.3, 0.4) is 0 Å². The summed E-state index contributed by atoms with van der Waals surface area (Å²) in [5.41, 5.74) is 4.88. The SMILES string of the molecule is NCC1(C(=O)OCOC=O)CC1. The van der Waals surface area contributed by atoms with Gasteiger partial charge in [-0.3, -0.25) is 9.59 Å². The van der Waals surface area contributed by atoms with Crippen molar-refractivity contribution in [3.05, 3.63) is 0 Å². The number of esters is 1. The van der Waals surface area contributed by atoms with E-state index in [4.69, 9.17) is 5.73 Å². The van der Waals surface area contributed by atoms with Gasteiger partial charge in [0, 0.05) is 6.54 Å². The molecule has 1 aliphatic carbocycles. The third-order valence-electron chi connectivity index (χ3n) is 2.00. The van der Waals surface area contributed by atoms with E-state index in [1.54, 1.807) is 0 Å². The zero-order valence-electron chi connectivity index (χ0n) is 6.62. The first kappa shape index (κ1) is 8.99. The molecule has 0 unspecified atom stereocenters. The summed E-state index contributed by atoms with van der Waals surface area (Å²) in [5, 5.41) is 0. The minimum absolute atomic E-state index is 0.231. The molecule has 2 N–H and O–H groups in total. The van der Waals surface area contributed by atoms with Crippen molar-refractivity contribution in [2.24, 2.45) is 11.1 Å². The van der Waals surface area contributed by atoms with Crippen molar-refractivity contribution in [2.75, 3.05) is 13.3 Å². The summed E-state index contributed by atoms with van der Waals surface area (Å²) >= 11 is 0. The number of carbonyl (C=O) groups is 2. The number of hydrogen-bond donors (Lipinski definition) is 1. The average Bonchev–Trinajstić information content (AvgIpc) is 2.85. The molecule has 0 atom stereocenters. The first-order valence-electron chi connectivity index (χ1n) is 3.68. The maximum atomic E-state index is 11.1. The fraction of sp³-hybridized carbons (Fsp3) is 0.714. The van der Waals surface area contributed by atoms with Gasteiger partial charge in [-0.25, -0.2) is 0 Å². The third-order valence-corrected chi connectivity index (χ3v) is 2.00. The molecule has 1 saturated carbocycles. The summed E-state index contributed by atoms with van der Waals surface area (Å²) in [5.74, 6) is -0.369. The van der Waals surface area contributed by atoms with Crippen LogP contribution in [0.1, 0.15) is 12.8 Å². The Balaban J connectivity index is 2.24. The Labute approximate surface area is 69.8 Å². The highest BCUT2D eigenvalue weighted by Crippen LogP contribution is 2.45. The topological polar surface area (TPSA) is 78.6 Å². The van der Waals surface area contributed by atoms with Crippen molar-refractivity contribution in [2.45, 2.75) is 12.8 Å². The Bertz CT molecular complexity index is 188. The van der Waals surface area contributed by atoms with Crippen LogP contribution in [0.25, 0.3) is 0 Å². The zero-order valence-corrected chi connectivity index (χ0v) is 6.62. The quantitative estimate of drug-likeness (QED) is 0.260. The second-order valence-electron chi connectivity index (χ2n) is 2.80. The van der Waals surface area contributed by atoms with Crippen LogP contribution in [0.5, 0.6) is 0 Å². The lowest BCUT2D eigenvalue weighted by molar-refractivity contribution is -0.164. The first-order valence-corrected chi connectivity index (χ1v) is 3.68. The average molecular weight is 173 g/mol. The first-order chi connectivity index (χ1) is 5.75. The van der Waals surface area contributed by atoms with E-state index in [1.165, 1.54) is 0 Å². The van der Waals surface area contributed by atoms with Crippen molar-refractivity contribution in [3.8, 4) is 0 Å². The molecule has 5 nitrogen and oxygen atoms in total. The maximum absolute atomic E-state index is 11.1. The van der Waals surface area contributed by atoms with Crippen LogP contribution < -0.4 is 5.73 Å². The summed E-state index contributed by atoms with van der Waals surface area (Å²) < 4.78 is 8.84. The number of carbonyl (C=O) groups excluding carboxylic acids is 2. The molecule has 0 aliphatic heterocycles. The number of hydrogen-bond acceptors (Lipinski definition) is 5. The molecular formula is C7H11NO4. The van der Waals surface area contributed by atoms with E-state index in [1.807, 2.05) is 0 Å². The number of ether oxygens (including phenoxy) is 2.